The number of hydrogen-bond donors (Lipinski definition) is 1. The van der Waals surface area contributed by atoms with Crippen molar-refractivity contribution in [3.05, 3.63) is 11.6 Å². The molecule has 2 aliphatic carbocycles. The van der Waals surface area contributed by atoms with Crippen LogP contribution in [0.2, 0.25) is 0 Å². The summed E-state index contributed by atoms with van der Waals surface area (Å²) in [6, 6.07) is 0.638. The van der Waals surface area contributed by atoms with E-state index in [1.807, 2.05) is 0 Å². The number of ether oxygens (including phenoxy) is 1. The molecule has 1 aromatic heterocycles. The van der Waals surface area contributed by atoms with Crippen LogP contribution in [0.15, 0.2) is 0 Å². The molecular weight excluding hydrogens is 276 g/mol. The zero-order chi connectivity index (χ0) is 14.6. The summed E-state index contributed by atoms with van der Waals surface area (Å²) in [5.74, 6) is 3.07. The van der Waals surface area contributed by atoms with Crippen LogP contribution >= 0.6 is 0 Å². The molecule has 0 aromatic carbocycles. The summed E-state index contributed by atoms with van der Waals surface area (Å²) in [6.45, 7) is 2.95. The highest BCUT2D eigenvalue weighted by molar-refractivity contribution is 5.17. The van der Waals surface area contributed by atoms with Crippen LogP contribution < -0.4 is 5.32 Å². The molecule has 1 N–H and O–H groups in total. The normalized spacial score (nSPS) is 35.4. The van der Waals surface area contributed by atoms with Crippen molar-refractivity contribution in [3.8, 4) is 0 Å². The molecule has 3 unspecified atom stereocenters. The zero-order valence-electron chi connectivity index (χ0n) is 13.3. The van der Waals surface area contributed by atoms with Crippen LogP contribution in [0.5, 0.6) is 0 Å². The Kier molecular flexibility index (Phi) is 3.09. The topological polar surface area (TPSA) is 52.0 Å². The van der Waals surface area contributed by atoms with Crippen LogP contribution in [-0.4, -0.2) is 33.5 Å². The lowest BCUT2D eigenvalue weighted by atomic mass is 9.54. The van der Waals surface area contributed by atoms with Gasteiger partial charge in [-0.3, -0.25) is 0 Å². The number of nitrogens with zero attached hydrogens (tertiary/aromatic N) is 3. The highest BCUT2D eigenvalue weighted by atomic mass is 16.5. The van der Waals surface area contributed by atoms with Gasteiger partial charge in [0.25, 0.3) is 0 Å². The number of hydrogen-bond acceptors (Lipinski definition) is 4. The van der Waals surface area contributed by atoms with Gasteiger partial charge < -0.3 is 14.6 Å². The lowest BCUT2D eigenvalue weighted by molar-refractivity contribution is -0.131. The molecule has 2 saturated carbocycles. The molecule has 0 bridgehead atoms. The fraction of sp³-hybridized carbons (Fsp3) is 0.882. The monoisotopic (exact) mass is 302 g/mol. The molecule has 1 spiro atoms. The van der Waals surface area contributed by atoms with Gasteiger partial charge in [-0.25, -0.2) is 0 Å². The lowest BCUT2D eigenvalue weighted by Gasteiger charge is -2.57. The number of fused-ring (bicyclic) bond motifs is 3. The summed E-state index contributed by atoms with van der Waals surface area (Å²) in [4.78, 5) is 0. The summed E-state index contributed by atoms with van der Waals surface area (Å²) < 4.78 is 8.42. The van der Waals surface area contributed by atoms with Gasteiger partial charge in [-0.2, -0.15) is 0 Å². The Labute approximate surface area is 131 Å². The number of nitrogens with one attached hydrogen (secondary N) is 1. The summed E-state index contributed by atoms with van der Waals surface area (Å²) in [5.41, 5.74) is 0.436. The van der Waals surface area contributed by atoms with Gasteiger partial charge in [0.05, 0.1) is 12.6 Å². The average Bonchev–Trinajstić information content (AvgIpc) is 3.26. The predicted molar refractivity (Wildman–Crippen MR) is 82.3 cm³/mol. The van der Waals surface area contributed by atoms with E-state index < -0.39 is 0 Å². The summed E-state index contributed by atoms with van der Waals surface area (Å²) in [7, 11) is 0. The SMILES string of the molecule is C1CCn2c(nnc2CNC2C3CCOC3C23CCCC3)C1. The van der Waals surface area contributed by atoms with Gasteiger partial charge in [-0.1, -0.05) is 12.8 Å². The van der Waals surface area contributed by atoms with Crippen LogP contribution in [0.4, 0.5) is 0 Å². The smallest absolute Gasteiger partial charge is 0.147 e. The second-order valence-corrected chi connectivity index (χ2v) is 7.68. The Bertz CT molecular complexity index is 563. The van der Waals surface area contributed by atoms with E-state index in [4.69, 9.17) is 4.74 Å². The summed E-state index contributed by atoms with van der Waals surface area (Å²) in [6.07, 6.45) is 10.9. The zero-order valence-corrected chi connectivity index (χ0v) is 13.3. The fourth-order valence-corrected chi connectivity index (χ4v) is 5.71. The molecule has 5 nitrogen and oxygen atoms in total. The van der Waals surface area contributed by atoms with E-state index in [0.717, 1.165) is 37.9 Å². The van der Waals surface area contributed by atoms with Crippen molar-refractivity contribution in [1.82, 2.24) is 20.1 Å². The van der Waals surface area contributed by atoms with E-state index in [2.05, 4.69) is 20.1 Å². The molecule has 3 fully saturated rings. The van der Waals surface area contributed by atoms with Gasteiger partial charge in [0.2, 0.25) is 0 Å². The summed E-state index contributed by atoms with van der Waals surface area (Å²) >= 11 is 0. The number of rotatable bonds is 3. The van der Waals surface area contributed by atoms with Gasteiger partial charge in [-0.15, -0.1) is 10.2 Å². The van der Waals surface area contributed by atoms with Crippen molar-refractivity contribution < 1.29 is 4.74 Å². The second kappa shape index (κ2) is 5.03. The van der Waals surface area contributed by atoms with Crippen LogP contribution in [0, 0.1) is 11.3 Å². The summed E-state index contributed by atoms with van der Waals surface area (Å²) in [5, 5.41) is 12.7. The minimum Gasteiger partial charge on any atom is -0.377 e. The molecule has 1 saturated heterocycles. The van der Waals surface area contributed by atoms with Crippen molar-refractivity contribution >= 4 is 0 Å². The molecule has 5 rings (SSSR count). The van der Waals surface area contributed by atoms with Crippen LogP contribution in [0.1, 0.15) is 56.6 Å². The highest BCUT2D eigenvalue weighted by Crippen LogP contribution is 2.60. The van der Waals surface area contributed by atoms with Crippen molar-refractivity contribution in [2.24, 2.45) is 11.3 Å². The van der Waals surface area contributed by atoms with Gasteiger partial charge in [0.1, 0.15) is 11.6 Å². The quantitative estimate of drug-likeness (QED) is 0.928. The van der Waals surface area contributed by atoms with Crippen molar-refractivity contribution in [3.63, 3.8) is 0 Å². The van der Waals surface area contributed by atoms with E-state index in [9.17, 15) is 0 Å². The Hall–Kier alpha value is -0.940. The van der Waals surface area contributed by atoms with Crippen molar-refractivity contribution in [2.45, 2.75) is 76.6 Å². The molecule has 5 heteroatoms. The van der Waals surface area contributed by atoms with E-state index in [1.165, 1.54) is 50.8 Å². The second-order valence-electron chi connectivity index (χ2n) is 7.68. The third-order valence-electron chi connectivity index (χ3n) is 6.70. The van der Waals surface area contributed by atoms with E-state index >= 15 is 0 Å². The van der Waals surface area contributed by atoms with E-state index in [-0.39, 0.29) is 0 Å². The van der Waals surface area contributed by atoms with Crippen LogP contribution in [0.25, 0.3) is 0 Å². The molecule has 120 valence electrons. The number of aryl methyl sites for hydroxylation is 1. The Morgan fingerprint density at radius 2 is 2.09 bits per heavy atom. The third-order valence-corrected chi connectivity index (χ3v) is 6.70. The van der Waals surface area contributed by atoms with Gasteiger partial charge in [0, 0.05) is 36.9 Å². The molecule has 22 heavy (non-hydrogen) atoms. The van der Waals surface area contributed by atoms with Crippen LogP contribution in [0.3, 0.4) is 0 Å². The fourth-order valence-electron chi connectivity index (χ4n) is 5.71. The maximum Gasteiger partial charge on any atom is 0.147 e. The Morgan fingerprint density at radius 1 is 1.18 bits per heavy atom. The maximum absolute atomic E-state index is 6.07. The molecule has 0 radical (unpaired) electrons. The molecule has 0 amide bonds. The van der Waals surface area contributed by atoms with Gasteiger partial charge >= 0.3 is 0 Å². The molecule has 4 aliphatic rings. The minimum atomic E-state index is 0.436. The Morgan fingerprint density at radius 3 is 3.00 bits per heavy atom. The highest BCUT2D eigenvalue weighted by Gasteiger charge is 2.64. The van der Waals surface area contributed by atoms with E-state index in [0.29, 0.717) is 17.6 Å². The van der Waals surface area contributed by atoms with Crippen molar-refractivity contribution in [1.29, 1.82) is 0 Å². The molecule has 3 atom stereocenters. The first-order valence-corrected chi connectivity index (χ1v) is 9.14. The molecular formula is C17H26N4O. The first-order chi connectivity index (χ1) is 10.9. The van der Waals surface area contributed by atoms with Crippen molar-refractivity contribution in [2.75, 3.05) is 6.61 Å². The third kappa shape index (κ3) is 1.78. The first kappa shape index (κ1) is 13.5. The first-order valence-electron chi connectivity index (χ1n) is 9.14. The number of aromatic nitrogens is 3. The molecule has 2 aliphatic heterocycles. The van der Waals surface area contributed by atoms with Gasteiger partial charge in [-0.05, 0) is 32.1 Å². The largest absolute Gasteiger partial charge is 0.377 e. The van der Waals surface area contributed by atoms with E-state index in [1.54, 1.807) is 0 Å². The lowest BCUT2D eigenvalue weighted by Crippen LogP contribution is -2.67. The predicted octanol–water partition coefficient (Wildman–Crippen LogP) is 2.05. The standard InChI is InChI=1S/C17H26N4O/c1-4-9-21-13(5-1)19-20-14(21)11-18-15-12-6-10-22-16(12)17(15)7-2-3-8-17/h12,15-16,18H,1-11H2. The molecule has 1 aromatic rings. The maximum atomic E-state index is 6.07. The average molecular weight is 302 g/mol. The van der Waals surface area contributed by atoms with Crippen LogP contribution in [-0.2, 0) is 24.2 Å². The Balaban J connectivity index is 1.32. The van der Waals surface area contributed by atoms with Gasteiger partial charge in [0.15, 0.2) is 0 Å². The molecule has 3 heterocycles. The minimum absolute atomic E-state index is 0.436.